The standard InChI is InChI=1S/C5H6NO/c1-2-6-3-5-7-4-1/h3-4H,2,5H2. The highest BCUT2D eigenvalue weighted by Gasteiger charge is 1.79. The maximum absolute atomic E-state index is 4.81. The van der Waals surface area contributed by atoms with Crippen molar-refractivity contribution >= 4 is 6.21 Å². The highest BCUT2D eigenvalue weighted by molar-refractivity contribution is 5.58. The lowest BCUT2D eigenvalue weighted by Crippen LogP contribution is -1.83. The van der Waals surface area contributed by atoms with Crippen LogP contribution in [0.5, 0.6) is 0 Å². The molecule has 1 heterocycles. The molecule has 0 unspecified atom stereocenters. The third-order valence-corrected chi connectivity index (χ3v) is 0.649. The topological polar surface area (TPSA) is 21.6 Å². The molecule has 2 nitrogen and oxygen atoms in total. The average molecular weight is 96.1 g/mol. The van der Waals surface area contributed by atoms with Crippen molar-refractivity contribution in [2.24, 2.45) is 4.99 Å². The second-order valence-corrected chi connectivity index (χ2v) is 1.18. The summed E-state index contributed by atoms with van der Waals surface area (Å²) in [5.41, 5.74) is 0. The molecule has 0 aromatic rings. The van der Waals surface area contributed by atoms with Gasteiger partial charge in [0, 0.05) is 12.3 Å². The van der Waals surface area contributed by atoms with Crippen molar-refractivity contribution in [2.45, 2.75) is 0 Å². The van der Waals surface area contributed by atoms with Crippen LogP contribution in [-0.2, 0) is 4.74 Å². The monoisotopic (exact) mass is 96.0 g/mol. The molecule has 0 saturated heterocycles. The summed E-state index contributed by atoms with van der Waals surface area (Å²) in [6.45, 7) is 1.23. The van der Waals surface area contributed by atoms with E-state index in [0.29, 0.717) is 13.2 Å². The van der Waals surface area contributed by atoms with Gasteiger partial charge < -0.3 is 4.74 Å². The number of aliphatic imine (C=N–C) groups is 1. The van der Waals surface area contributed by atoms with Crippen molar-refractivity contribution in [1.29, 1.82) is 0 Å². The molecule has 0 amide bonds. The second kappa shape index (κ2) is 2.39. The predicted octanol–water partition coefficient (Wildman–Crippen LogP) is 0.404. The third kappa shape index (κ3) is 1.39. The van der Waals surface area contributed by atoms with Gasteiger partial charge >= 0.3 is 0 Å². The summed E-state index contributed by atoms with van der Waals surface area (Å²) in [5.74, 6) is 0. The molecule has 1 radical (unpaired) electrons. The molecule has 0 spiro atoms. The minimum atomic E-state index is 0.590. The summed E-state index contributed by atoms with van der Waals surface area (Å²) in [5, 5.41) is 0. The zero-order chi connectivity index (χ0) is 4.95. The summed E-state index contributed by atoms with van der Waals surface area (Å²) in [7, 11) is 0. The van der Waals surface area contributed by atoms with Crippen LogP contribution >= 0.6 is 0 Å². The van der Waals surface area contributed by atoms with Gasteiger partial charge in [-0.05, 0) is 0 Å². The Morgan fingerprint density at radius 3 is 3.71 bits per heavy atom. The number of hydrogen-bond acceptors (Lipinski definition) is 2. The van der Waals surface area contributed by atoms with Gasteiger partial charge in [0.05, 0.1) is 12.8 Å². The van der Waals surface area contributed by atoms with E-state index >= 15 is 0 Å². The van der Waals surface area contributed by atoms with Gasteiger partial charge in [-0.3, -0.25) is 4.99 Å². The van der Waals surface area contributed by atoms with E-state index < -0.39 is 0 Å². The fraction of sp³-hybridized carbons (Fsp3) is 0.400. The molecular formula is C5H6NO. The lowest BCUT2D eigenvalue weighted by atomic mass is 10.6. The number of rotatable bonds is 0. The molecule has 0 saturated carbocycles. The van der Waals surface area contributed by atoms with Gasteiger partial charge in [-0.2, -0.15) is 0 Å². The summed E-state index contributed by atoms with van der Waals surface area (Å²) in [4.78, 5) is 3.88. The van der Waals surface area contributed by atoms with Crippen LogP contribution in [0.25, 0.3) is 0 Å². The molecule has 0 N–H and O–H groups in total. The first kappa shape index (κ1) is 4.37. The Morgan fingerprint density at radius 2 is 2.71 bits per heavy atom. The fourth-order valence-corrected chi connectivity index (χ4v) is 0.357. The lowest BCUT2D eigenvalue weighted by Gasteiger charge is -1.85. The summed E-state index contributed by atoms with van der Waals surface area (Å²) in [6.07, 6.45) is 6.08. The minimum Gasteiger partial charge on any atom is -0.495 e. The van der Waals surface area contributed by atoms with Crippen LogP contribution in [0.2, 0.25) is 0 Å². The number of hydrogen-bond donors (Lipinski definition) is 0. The number of nitrogens with zero attached hydrogens (tertiary/aromatic N) is 1. The van der Waals surface area contributed by atoms with Crippen LogP contribution in [0.15, 0.2) is 11.3 Å². The van der Waals surface area contributed by atoms with Crippen molar-refractivity contribution in [2.75, 3.05) is 13.2 Å². The summed E-state index contributed by atoms with van der Waals surface area (Å²) >= 11 is 0. The molecule has 0 aliphatic carbocycles. The summed E-state index contributed by atoms with van der Waals surface area (Å²) in [6, 6.07) is 0. The van der Waals surface area contributed by atoms with Gasteiger partial charge in [0.25, 0.3) is 0 Å². The van der Waals surface area contributed by atoms with Crippen molar-refractivity contribution in [1.82, 2.24) is 0 Å². The minimum absolute atomic E-state index is 0.590. The van der Waals surface area contributed by atoms with Gasteiger partial charge in [0.1, 0.15) is 6.61 Å². The van der Waals surface area contributed by atoms with Gasteiger partial charge in [-0.15, -0.1) is 0 Å². The first-order chi connectivity index (χ1) is 3.50. The Labute approximate surface area is 42.5 Å². The summed E-state index contributed by atoms with van der Waals surface area (Å²) < 4.78 is 4.81. The van der Waals surface area contributed by atoms with E-state index in [9.17, 15) is 0 Å². The molecule has 0 bridgehead atoms. The molecule has 1 rings (SSSR count). The van der Waals surface area contributed by atoms with E-state index in [4.69, 9.17) is 4.74 Å². The van der Waals surface area contributed by atoms with E-state index in [-0.39, 0.29) is 0 Å². The van der Waals surface area contributed by atoms with Gasteiger partial charge in [-0.1, -0.05) is 0 Å². The molecule has 2 heteroatoms. The van der Waals surface area contributed by atoms with Crippen LogP contribution in [0.3, 0.4) is 0 Å². The quantitative estimate of drug-likeness (QED) is 0.428. The highest BCUT2D eigenvalue weighted by atomic mass is 16.5. The zero-order valence-electron chi connectivity index (χ0n) is 3.92. The molecule has 1 aliphatic heterocycles. The van der Waals surface area contributed by atoms with Crippen LogP contribution in [-0.4, -0.2) is 19.4 Å². The SMILES string of the molecule is [C]1=COCC=NC1. The van der Waals surface area contributed by atoms with Gasteiger partial charge in [0.2, 0.25) is 0 Å². The maximum Gasteiger partial charge on any atom is 0.122 e. The molecule has 37 valence electrons. The van der Waals surface area contributed by atoms with E-state index in [1.165, 1.54) is 0 Å². The van der Waals surface area contributed by atoms with Gasteiger partial charge in [0.15, 0.2) is 0 Å². The zero-order valence-corrected chi connectivity index (χ0v) is 3.92. The molecule has 1 aliphatic rings. The fourth-order valence-electron chi connectivity index (χ4n) is 0.357. The van der Waals surface area contributed by atoms with E-state index in [1.54, 1.807) is 12.5 Å². The van der Waals surface area contributed by atoms with Crippen molar-refractivity contribution < 1.29 is 4.74 Å². The van der Waals surface area contributed by atoms with E-state index in [2.05, 4.69) is 11.1 Å². The van der Waals surface area contributed by atoms with Gasteiger partial charge in [-0.25, -0.2) is 0 Å². The van der Waals surface area contributed by atoms with E-state index in [1.807, 2.05) is 0 Å². The Balaban J connectivity index is 2.38. The molecule has 7 heavy (non-hydrogen) atoms. The Kier molecular flexibility index (Phi) is 1.50. The molecule has 0 fully saturated rings. The number of ether oxygens (including phenoxy) is 1. The predicted molar refractivity (Wildman–Crippen MR) is 27.1 cm³/mol. The van der Waals surface area contributed by atoms with Crippen molar-refractivity contribution in [3.8, 4) is 0 Å². The van der Waals surface area contributed by atoms with Crippen LogP contribution in [0, 0.1) is 6.08 Å². The molecule has 0 atom stereocenters. The third-order valence-electron chi connectivity index (χ3n) is 0.649. The Morgan fingerprint density at radius 1 is 1.71 bits per heavy atom. The Bertz CT molecular complexity index is 84.3. The van der Waals surface area contributed by atoms with Crippen LogP contribution in [0.4, 0.5) is 0 Å². The Hall–Kier alpha value is -0.790. The molecular weight excluding hydrogens is 90.1 g/mol. The molecule has 0 aromatic heterocycles. The van der Waals surface area contributed by atoms with Crippen LogP contribution in [0.1, 0.15) is 0 Å². The normalized spacial score (nSPS) is 18.3. The van der Waals surface area contributed by atoms with Crippen molar-refractivity contribution in [3.05, 3.63) is 12.3 Å². The first-order valence-corrected chi connectivity index (χ1v) is 2.15. The highest BCUT2D eigenvalue weighted by Crippen LogP contribution is 1.80. The first-order valence-electron chi connectivity index (χ1n) is 2.15. The average Bonchev–Trinajstić information content (AvgIpc) is 1.90. The van der Waals surface area contributed by atoms with Crippen LogP contribution < -0.4 is 0 Å². The largest absolute Gasteiger partial charge is 0.495 e. The smallest absolute Gasteiger partial charge is 0.122 e. The van der Waals surface area contributed by atoms with E-state index in [0.717, 1.165) is 0 Å². The second-order valence-electron chi connectivity index (χ2n) is 1.18. The molecule has 0 aromatic carbocycles. The maximum atomic E-state index is 4.81. The van der Waals surface area contributed by atoms with Crippen molar-refractivity contribution in [3.63, 3.8) is 0 Å². The lowest BCUT2D eigenvalue weighted by molar-refractivity contribution is 0.305.